The minimum atomic E-state index is -0.821. The van der Waals surface area contributed by atoms with E-state index >= 15 is 0 Å². The van der Waals surface area contributed by atoms with Gasteiger partial charge in [-0.15, -0.1) is 0 Å². The summed E-state index contributed by atoms with van der Waals surface area (Å²) in [6, 6.07) is 6.18. The molecule has 230 valence electrons. The molecule has 0 amide bonds. The Morgan fingerprint density at radius 2 is 1.05 bits per heavy atom. The quantitative estimate of drug-likeness (QED) is 0.103. The standard InChI is InChI=1S/C32H54O8/c1-9-13-16-27(11-3)21-35-23(5)37-25(7)39-31(33)29-18-15-19-30(20-29)32(34)40-26(8)38-24(6)36-22-28(12-4)17-14-10-2/h15,18-20,23-28H,9-14,16-17,21-22H2,1-8H3. The van der Waals surface area contributed by atoms with Gasteiger partial charge in [0.15, 0.2) is 12.6 Å². The van der Waals surface area contributed by atoms with Crippen molar-refractivity contribution in [3.63, 3.8) is 0 Å². The first-order valence-corrected chi connectivity index (χ1v) is 15.2. The van der Waals surface area contributed by atoms with E-state index in [0.717, 1.165) is 38.5 Å². The van der Waals surface area contributed by atoms with E-state index in [9.17, 15) is 9.59 Å². The van der Waals surface area contributed by atoms with Gasteiger partial charge in [0.2, 0.25) is 12.6 Å². The third kappa shape index (κ3) is 15.1. The molecule has 0 aromatic heterocycles. The second kappa shape index (κ2) is 20.8. The van der Waals surface area contributed by atoms with Gasteiger partial charge in [-0.3, -0.25) is 0 Å². The number of rotatable bonds is 22. The highest BCUT2D eigenvalue weighted by Crippen LogP contribution is 2.17. The van der Waals surface area contributed by atoms with Crippen LogP contribution in [0.2, 0.25) is 0 Å². The average molecular weight is 567 g/mol. The second-order valence-electron chi connectivity index (χ2n) is 10.4. The lowest BCUT2D eigenvalue weighted by atomic mass is 10.0. The maximum Gasteiger partial charge on any atom is 0.340 e. The summed E-state index contributed by atoms with van der Waals surface area (Å²) in [5, 5.41) is 0. The molecule has 1 aromatic rings. The fraction of sp³-hybridized carbons (Fsp3) is 0.750. The average Bonchev–Trinajstić information content (AvgIpc) is 2.93. The van der Waals surface area contributed by atoms with Crippen LogP contribution in [-0.2, 0) is 28.4 Å². The Hall–Kier alpha value is -2.00. The lowest BCUT2D eigenvalue weighted by Crippen LogP contribution is -2.27. The summed E-state index contributed by atoms with van der Waals surface area (Å²) < 4.78 is 33.8. The highest BCUT2D eigenvalue weighted by atomic mass is 16.8. The molecule has 0 aliphatic carbocycles. The predicted octanol–water partition coefficient (Wildman–Crippen LogP) is 7.88. The Balaban J connectivity index is 2.53. The van der Waals surface area contributed by atoms with Crippen LogP contribution < -0.4 is 0 Å². The van der Waals surface area contributed by atoms with Crippen LogP contribution in [0.3, 0.4) is 0 Å². The lowest BCUT2D eigenvalue weighted by Gasteiger charge is -2.22. The van der Waals surface area contributed by atoms with E-state index in [-0.39, 0.29) is 11.1 Å². The van der Waals surface area contributed by atoms with Crippen LogP contribution in [0, 0.1) is 11.8 Å². The molecular formula is C32H54O8. The molecule has 0 heterocycles. The van der Waals surface area contributed by atoms with E-state index in [1.54, 1.807) is 45.9 Å². The molecule has 0 bridgehead atoms. The van der Waals surface area contributed by atoms with Gasteiger partial charge in [-0.05, 0) is 70.6 Å². The van der Waals surface area contributed by atoms with E-state index in [2.05, 4.69) is 27.7 Å². The molecule has 0 saturated carbocycles. The number of carbonyl (C=O) groups is 2. The van der Waals surface area contributed by atoms with Gasteiger partial charge in [0, 0.05) is 0 Å². The van der Waals surface area contributed by atoms with Crippen LogP contribution in [0.25, 0.3) is 0 Å². The zero-order valence-electron chi connectivity index (χ0n) is 26.1. The molecule has 0 fully saturated rings. The summed E-state index contributed by atoms with van der Waals surface area (Å²) in [7, 11) is 0. The third-order valence-corrected chi connectivity index (χ3v) is 6.87. The molecule has 0 aliphatic heterocycles. The van der Waals surface area contributed by atoms with Crippen molar-refractivity contribution >= 4 is 11.9 Å². The van der Waals surface area contributed by atoms with Crippen LogP contribution in [0.4, 0.5) is 0 Å². The highest BCUT2D eigenvalue weighted by molar-refractivity contribution is 5.95. The zero-order valence-corrected chi connectivity index (χ0v) is 26.1. The molecule has 6 atom stereocenters. The maximum atomic E-state index is 12.7. The minimum absolute atomic E-state index is 0.215. The summed E-state index contributed by atoms with van der Waals surface area (Å²) in [5.41, 5.74) is 0.430. The van der Waals surface area contributed by atoms with Crippen LogP contribution in [0.5, 0.6) is 0 Å². The van der Waals surface area contributed by atoms with Crippen molar-refractivity contribution in [3.8, 4) is 0 Å². The van der Waals surface area contributed by atoms with Gasteiger partial charge >= 0.3 is 11.9 Å². The van der Waals surface area contributed by atoms with Crippen LogP contribution >= 0.6 is 0 Å². The molecule has 1 rings (SSSR count). The van der Waals surface area contributed by atoms with Crippen LogP contribution in [-0.4, -0.2) is 50.3 Å². The predicted molar refractivity (Wildman–Crippen MR) is 156 cm³/mol. The van der Waals surface area contributed by atoms with Crippen molar-refractivity contribution < 1.29 is 38.0 Å². The molecule has 0 spiro atoms. The summed E-state index contributed by atoms with van der Waals surface area (Å²) in [6.07, 6.45) is 6.34. The number of ether oxygens (including phenoxy) is 6. The maximum absolute atomic E-state index is 12.7. The van der Waals surface area contributed by atoms with Gasteiger partial charge in [-0.25, -0.2) is 9.59 Å². The third-order valence-electron chi connectivity index (χ3n) is 6.87. The van der Waals surface area contributed by atoms with Crippen molar-refractivity contribution in [1.82, 2.24) is 0 Å². The van der Waals surface area contributed by atoms with Crippen LogP contribution in [0.1, 0.15) is 127 Å². The molecule has 0 radical (unpaired) electrons. The monoisotopic (exact) mass is 566 g/mol. The SMILES string of the molecule is CCCCC(CC)COC(C)OC(C)OC(=O)c1cccc(C(=O)OC(C)OC(C)OCC(CC)CCCC)c1. The topological polar surface area (TPSA) is 89.5 Å². The lowest BCUT2D eigenvalue weighted by molar-refractivity contribution is -0.217. The number of benzene rings is 1. The summed E-state index contributed by atoms with van der Waals surface area (Å²) in [6.45, 7) is 16.7. The van der Waals surface area contributed by atoms with Crippen molar-refractivity contribution in [2.75, 3.05) is 13.2 Å². The largest absolute Gasteiger partial charge is 0.432 e. The molecule has 1 aromatic carbocycles. The first kappa shape index (κ1) is 36.0. The van der Waals surface area contributed by atoms with Gasteiger partial charge in [0.25, 0.3) is 0 Å². The summed E-state index contributed by atoms with van der Waals surface area (Å²) in [5.74, 6) is -0.245. The Kier molecular flexibility index (Phi) is 18.7. The number of carbonyl (C=O) groups excluding carboxylic acids is 2. The molecule has 8 heteroatoms. The van der Waals surface area contributed by atoms with Gasteiger partial charge in [0.1, 0.15) is 0 Å². The van der Waals surface area contributed by atoms with Crippen molar-refractivity contribution in [2.24, 2.45) is 11.8 Å². The second-order valence-corrected chi connectivity index (χ2v) is 10.4. The first-order chi connectivity index (χ1) is 19.1. The smallest absolute Gasteiger partial charge is 0.340 e. The molecule has 40 heavy (non-hydrogen) atoms. The van der Waals surface area contributed by atoms with Crippen molar-refractivity contribution in [1.29, 1.82) is 0 Å². The zero-order chi connectivity index (χ0) is 29.9. The highest BCUT2D eigenvalue weighted by Gasteiger charge is 2.20. The summed E-state index contributed by atoms with van der Waals surface area (Å²) >= 11 is 0. The molecular weight excluding hydrogens is 512 g/mol. The first-order valence-electron chi connectivity index (χ1n) is 15.2. The normalized spacial score (nSPS) is 16.0. The van der Waals surface area contributed by atoms with E-state index in [4.69, 9.17) is 28.4 Å². The fourth-order valence-electron chi connectivity index (χ4n) is 4.22. The number of hydrogen-bond acceptors (Lipinski definition) is 8. The van der Waals surface area contributed by atoms with E-state index in [0.29, 0.717) is 25.0 Å². The molecule has 0 saturated heterocycles. The van der Waals surface area contributed by atoms with Gasteiger partial charge in [0.05, 0.1) is 24.3 Å². The minimum Gasteiger partial charge on any atom is -0.432 e. The van der Waals surface area contributed by atoms with Gasteiger partial charge in [-0.2, -0.15) is 0 Å². The molecule has 0 N–H and O–H groups in total. The molecule has 6 unspecified atom stereocenters. The Bertz CT molecular complexity index is 766. The van der Waals surface area contributed by atoms with Crippen molar-refractivity contribution in [3.05, 3.63) is 35.4 Å². The number of unbranched alkanes of at least 4 members (excludes halogenated alkanes) is 2. The van der Waals surface area contributed by atoms with E-state index < -0.39 is 37.1 Å². The van der Waals surface area contributed by atoms with Gasteiger partial charge < -0.3 is 28.4 Å². The number of hydrogen-bond donors (Lipinski definition) is 0. The fourth-order valence-corrected chi connectivity index (χ4v) is 4.22. The van der Waals surface area contributed by atoms with E-state index in [1.807, 2.05) is 0 Å². The van der Waals surface area contributed by atoms with Crippen molar-refractivity contribution in [2.45, 2.75) is 132 Å². The summed E-state index contributed by atoms with van der Waals surface area (Å²) in [4.78, 5) is 25.4. The van der Waals surface area contributed by atoms with E-state index in [1.165, 1.54) is 18.9 Å². The number of esters is 2. The molecule has 0 aliphatic rings. The van der Waals surface area contributed by atoms with Crippen LogP contribution in [0.15, 0.2) is 24.3 Å². The Morgan fingerprint density at radius 3 is 1.40 bits per heavy atom. The van der Waals surface area contributed by atoms with Gasteiger partial charge in [-0.1, -0.05) is 72.3 Å². The molecule has 8 nitrogen and oxygen atoms in total. The Labute approximate surface area is 242 Å². The Morgan fingerprint density at radius 1 is 0.650 bits per heavy atom.